The van der Waals surface area contributed by atoms with Gasteiger partial charge in [0.05, 0.1) is 0 Å². The molecule has 0 aliphatic rings. The van der Waals surface area contributed by atoms with Crippen LogP contribution in [-0.4, -0.2) is 19.8 Å². The Morgan fingerprint density at radius 1 is 1.00 bits per heavy atom. The number of rotatable bonds is 7. The molecule has 0 aliphatic carbocycles. The van der Waals surface area contributed by atoms with Crippen LogP contribution in [-0.2, 0) is 27.7 Å². The van der Waals surface area contributed by atoms with Crippen LogP contribution in [0, 0.1) is 0 Å². The van der Waals surface area contributed by atoms with E-state index in [-0.39, 0.29) is 0 Å². The van der Waals surface area contributed by atoms with Crippen LogP contribution in [0.25, 0.3) is 0 Å². The molecule has 0 heterocycles. The molecule has 0 radical (unpaired) electrons. The van der Waals surface area contributed by atoms with Crippen LogP contribution in [0.2, 0.25) is 0 Å². The van der Waals surface area contributed by atoms with Gasteiger partial charge >= 0.3 is 79.3 Å². The zero-order chi connectivity index (χ0) is 9.45. The van der Waals surface area contributed by atoms with Gasteiger partial charge in [-0.2, -0.15) is 0 Å². The Morgan fingerprint density at radius 3 is 1.50 bits per heavy atom. The molecule has 0 unspecified atom stereocenters. The fraction of sp³-hybridized carbons (Fsp3) is 0.750. The maximum atomic E-state index is 5.48. The topological polar surface area (TPSA) is 27.7 Å². The predicted molar refractivity (Wildman–Crippen MR) is 45.1 cm³/mol. The predicted octanol–water partition coefficient (Wildman–Crippen LogP) is 2.14. The van der Waals surface area contributed by atoms with Crippen molar-refractivity contribution in [2.75, 3.05) is 19.8 Å². The maximum absolute atomic E-state index is 5.48. The summed E-state index contributed by atoms with van der Waals surface area (Å²) in [6, 6.07) is 0. The summed E-state index contributed by atoms with van der Waals surface area (Å²) < 4.78 is 18.2. The van der Waals surface area contributed by atoms with Crippen molar-refractivity contribution in [3.63, 3.8) is 0 Å². The van der Waals surface area contributed by atoms with E-state index >= 15 is 0 Å². The standard InChI is InChI=1S/3C2H5O.C2H3.Ti/c3*1-2-3;1-2;/h3*2H2,1H3;1H,2H2;/q3*-1;;+3. The summed E-state index contributed by atoms with van der Waals surface area (Å²) in [5.41, 5.74) is 0. The molecule has 4 heteroatoms. The Morgan fingerprint density at radius 2 is 1.33 bits per heavy atom. The molecule has 0 aliphatic heterocycles. The van der Waals surface area contributed by atoms with Crippen molar-refractivity contribution < 1.29 is 27.7 Å². The average molecular weight is 210 g/mol. The second-order valence-electron chi connectivity index (χ2n) is 2.11. The Bertz CT molecular complexity index is 110. The summed E-state index contributed by atoms with van der Waals surface area (Å²) in [7, 11) is 0. The van der Waals surface area contributed by atoms with Crippen molar-refractivity contribution in [2.45, 2.75) is 20.8 Å². The number of hydrogen-bond acceptors (Lipinski definition) is 3. The van der Waals surface area contributed by atoms with E-state index < -0.39 is 17.8 Å². The minimum absolute atomic E-state index is 0.617. The molecule has 0 atom stereocenters. The quantitative estimate of drug-likeness (QED) is 0.602. The monoisotopic (exact) mass is 210 g/mol. The SMILES string of the molecule is C=[CH][Ti]([O]CC)([O]CC)[O]CC. The average Bonchev–Trinajstić information content (AvgIpc) is 2.06. The van der Waals surface area contributed by atoms with Crippen LogP contribution < -0.4 is 0 Å². The molecule has 3 nitrogen and oxygen atoms in total. The molecule has 0 fully saturated rings. The van der Waals surface area contributed by atoms with E-state index in [1.54, 1.807) is 4.38 Å². The van der Waals surface area contributed by atoms with Gasteiger partial charge in [0.1, 0.15) is 0 Å². The van der Waals surface area contributed by atoms with Crippen molar-refractivity contribution in [3.05, 3.63) is 11.0 Å². The molecule has 0 rings (SSSR count). The molecule has 0 aromatic heterocycles. The fourth-order valence-electron chi connectivity index (χ4n) is 0.905. The van der Waals surface area contributed by atoms with Crippen molar-refractivity contribution in [3.8, 4) is 0 Å². The Hall–Kier alpha value is 0.334. The Kier molecular flexibility index (Phi) is 7.00. The fourth-order valence-corrected chi connectivity index (χ4v) is 3.73. The minimum atomic E-state index is -3.02. The van der Waals surface area contributed by atoms with Gasteiger partial charge in [-0.1, -0.05) is 0 Å². The van der Waals surface area contributed by atoms with Crippen LogP contribution in [0.3, 0.4) is 0 Å². The van der Waals surface area contributed by atoms with E-state index in [2.05, 4.69) is 6.58 Å². The van der Waals surface area contributed by atoms with Crippen molar-refractivity contribution in [1.29, 1.82) is 0 Å². The third-order valence-corrected chi connectivity index (χ3v) is 5.30. The van der Waals surface area contributed by atoms with Gasteiger partial charge in [-0.05, 0) is 0 Å². The van der Waals surface area contributed by atoms with Crippen molar-refractivity contribution in [1.82, 2.24) is 0 Å². The third kappa shape index (κ3) is 3.83. The van der Waals surface area contributed by atoms with Crippen LogP contribution in [0.1, 0.15) is 20.8 Å². The third-order valence-electron chi connectivity index (χ3n) is 1.29. The Labute approximate surface area is 79.5 Å². The van der Waals surface area contributed by atoms with Crippen molar-refractivity contribution >= 4 is 0 Å². The van der Waals surface area contributed by atoms with E-state index in [4.69, 9.17) is 9.96 Å². The summed E-state index contributed by atoms with van der Waals surface area (Å²) in [5.74, 6) is 0. The molecule has 72 valence electrons. The van der Waals surface area contributed by atoms with Gasteiger partial charge in [0.15, 0.2) is 0 Å². The first kappa shape index (κ1) is 12.3. The zero-order valence-corrected chi connectivity index (χ0v) is 9.69. The van der Waals surface area contributed by atoms with E-state index in [9.17, 15) is 0 Å². The van der Waals surface area contributed by atoms with Crippen LogP contribution in [0.15, 0.2) is 11.0 Å². The molecular weight excluding hydrogens is 192 g/mol. The van der Waals surface area contributed by atoms with Crippen LogP contribution >= 0.6 is 0 Å². The van der Waals surface area contributed by atoms with Gasteiger partial charge in [0.2, 0.25) is 0 Å². The van der Waals surface area contributed by atoms with Gasteiger partial charge in [0.25, 0.3) is 0 Å². The Balaban J connectivity index is 4.16. The summed E-state index contributed by atoms with van der Waals surface area (Å²) in [5, 5.41) is 0. The summed E-state index contributed by atoms with van der Waals surface area (Å²) >= 11 is -3.02. The molecule has 0 spiro atoms. The molecule has 0 saturated carbocycles. The second kappa shape index (κ2) is 6.81. The zero-order valence-electron chi connectivity index (χ0n) is 8.13. The molecule has 0 N–H and O–H groups in total. The molecule has 0 saturated heterocycles. The van der Waals surface area contributed by atoms with Gasteiger partial charge in [-0.25, -0.2) is 0 Å². The van der Waals surface area contributed by atoms with Crippen LogP contribution in [0.5, 0.6) is 0 Å². The van der Waals surface area contributed by atoms with Gasteiger partial charge in [-0.15, -0.1) is 0 Å². The first-order valence-corrected chi connectivity index (χ1v) is 7.11. The normalized spacial score (nSPS) is 11.6. The van der Waals surface area contributed by atoms with Crippen LogP contribution in [0.4, 0.5) is 0 Å². The van der Waals surface area contributed by atoms with Gasteiger partial charge in [-0.3, -0.25) is 0 Å². The first-order valence-electron chi connectivity index (χ1n) is 4.30. The molecule has 0 bridgehead atoms. The summed E-state index contributed by atoms with van der Waals surface area (Å²) in [6.07, 6.45) is 0. The van der Waals surface area contributed by atoms with E-state index in [0.717, 1.165) is 0 Å². The second-order valence-corrected chi connectivity index (χ2v) is 5.98. The number of hydrogen-bond donors (Lipinski definition) is 0. The molecule has 0 aromatic carbocycles. The van der Waals surface area contributed by atoms with E-state index in [1.165, 1.54) is 0 Å². The van der Waals surface area contributed by atoms with Crippen molar-refractivity contribution in [2.24, 2.45) is 0 Å². The summed E-state index contributed by atoms with van der Waals surface area (Å²) in [6.45, 7) is 11.3. The van der Waals surface area contributed by atoms with E-state index in [0.29, 0.717) is 19.8 Å². The summed E-state index contributed by atoms with van der Waals surface area (Å²) in [4.78, 5) is 0. The van der Waals surface area contributed by atoms with Gasteiger partial charge < -0.3 is 0 Å². The first-order chi connectivity index (χ1) is 5.74. The molecule has 12 heavy (non-hydrogen) atoms. The van der Waals surface area contributed by atoms with Gasteiger partial charge in [0, 0.05) is 0 Å². The molecule has 0 aromatic rings. The van der Waals surface area contributed by atoms with E-state index in [1.807, 2.05) is 20.8 Å². The molecular formula is C8H18O3Ti. The molecule has 0 amide bonds.